The number of hydrogen-bond donors (Lipinski definition) is 0. The first-order chi connectivity index (χ1) is 12.2. The van der Waals surface area contributed by atoms with Crippen LogP contribution in [0.25, 0.3) is 0 Å². The molecule has 0 saturated heterocycles. The van der Waals surface area contributed by atoms with E-state index in [9.17, 15) is 4.79 Å². The third-order valence-corrected chi connectivity index (χ3v) is 5.69. The van der Waals surface area contributed by atoms with Gasteiger partial charge >= 0.3 is 0 Å². The maximum absolute atomic E-state index is 12.8. The van der Waals surface area contributed by atoms with Crippen LogP contribution >= 0.6 is 0 Å². The maximum Gasteiger partial charge on any atom is 0.223 e. The van der Waals surface area contributed by atoms with Crippen molar-refractivity contribution in [1.82, 2.24) is 14.7 Å². The van der Waals surface area contributed by atoms with Crippen molar-refractivity contribution >= 4 is 5.91 Å². The van der Waals surface area contributed by atoms with Crippen LogP contribution in [-0.2, 0) is 22.6 Å². The summed E-state index contributed by atoms with van der Waals surface area (Å²) in [6, 6.07) is 0. The third kappa shape index (κ3) is 3.97. The average Bonchev–Trinajstić information content (AvgIpc) is 3.11. The second-order valence-electron chi connectivity index (χ2n) is 7.81. The molecule has 1 aliphatic heterocycles. The molecule has 0 unspecified atom stereocenters. The zero-order valence-corrected chi connectivity index (χ0v) is 15.2. The minimum absolute atomic E-state index is 0.255. The Morgan fingerprint density at radius 1 is 1.32 bits per heavy atom. The summed E-state index contributed by atoms with van der Waals surface area (Å²) in [5, 5.41) is 4.69. The molecule has 1 amide bonds. The molecular formula is C20H29N3O2. The third-order valence-electron chi connectivity index (χ3n) is 5.69. The first kappa shape index (κ1) is 16.8. The average molecular weight is 343 g/mol. The lowest BCUT2D eigenvalue weighted by Crippen LogP contribution is -2.40. The van der Waals surface area contributed by atoms with Crippen LogP contribution in [0.1, 0.15) is 56.2 Å². The first-order valence-electron chi connectivity index (χ1n) is 9.81. The molecular weight excluding hydrogens is 314 g/mol. The number of aryl methyl sites for hydroxylation is 1. The Labute approximate surface area is 150 Å². The molecule has 2 heterocycles. The highest BCUT2D eigenvalue weighted by molar-refractivity contribution is 5.77. The Morgan fingerprint density at radius 2 is 2.20 bits per heavy atom. The number of rotatable bonds is 7. The zero-order chi connectivity index (χ0) is 17.2. The summed E-state index contributed by atoms with van der Waals surface area (Å²) >= 11 is 0. The van der Waals surface area contributed by atoms with E-state index in [1.165, 1.54) is 18.4 Å². The quantitative estimate of drug-likeness (QED) is 0.715. The fourth-order valence-corrected chi connectivity index (χ4v) is 3.93. The molecule has 0 aromatic carbocycles. The van der Waals surface area contributed by atoms with Gasteiger partial charge in [-0.15, -0.1) is 0 Å². The Hall–Kier alpha value is -1.62. The Balaban J connectivity index is 1.43. The van der Waals surface area contributed by atoms with Crippen molar-refractivity contribution < 1.29 is 9.53 Å². The number of allylic oxidation sites excluding steroid dienone is 2. The lowest BCUT2D eigenvalue weighted by atomic mass is 9.94. The van der Waals surface area contributed by atoms with E-state index < -0.39 is 0 Å². The van der Waals surface area contributed by atoms with E-state index in [2.05, 4.69) is 25.3 Å². The van der Waals surface area contributed by atoms with Crippen LogP contribution in [0.3, 0.4) is 0 Å². The van der Waals surface area contributed by atoms with Crippen LogP contribution < -0.4 is 0 Å². The topological polar surface area (TPSA) is 47.4 Å². The summed E-state index contributed by atoms with van der Waals surface area (Å²) in [5.74, 6) is 1.71. The Kier molecular flexibility index (Phi) is 4.93. The number of amides is 1. The van der Waals surface area contributed by atoms with Crippen molar-refractivity contribution in [2.45, 2.75) is 58.0 Å². The second kappa shape index (κ2) is 7.32. The molecule has 1 saturated carbocycles. The van der Waals surface area contributed by atoms with Gasteiger partial charge in [-0.2, -0.15) is 5.10 Å². The molecule has 1 aromatic rings. The number of nitrogens with zero attached hydrogens (tertiary/aromatic N) is 3. The van der Waals surface area contributed by atoms with Gasteiger partial charge in [-0.3, -0.25) is 9.48 Å². The summed E-state index contributed by atoms with van der Waals surface area (Å²) in [7, 11) is 0. The van der Waals surface area contributed by atoms with Crippen molar-refractivity contribution in [1.29, 1.82) is 0 Å². The van der Waals surface area contributed by atoms with E-state index >= 15 is 0 Å². The van der Waals surface area contributed by atoms with E-state index in [1.807, 2.05) is 9.58 Å². The molecule has 5 heteroatoms. The highest BCUT2D eigenvalue weighted by Gasteiger charge is 2.32. The molecule has 0 bridgehead atoms. The van der Waals surface area contributed by atoms with Gasteiger partial charge in [0.2, 0.25) is 5.91 Å². The van der Waals surface area contributed by atoms with Gasteiger partial charge in [-0.05, 0) is 44.4 Å². The molecule has 1 fully saturated rings. The molecule has 1 aromatic heterocycles. The SMILES string of the molecule is CCn1cc2c(n1)CN(C(=O)C[C@@H]1C=CCC1)C[C@@H]2COCC1CC1. The van der Waals surface area contributed by atoms with Gasteiger partial charge in [-0.25, -0.2) is 0 Å². The normalized spacial score (nSPS) is 25.4. The van der Waals surface area contributed by atoms with Gasteiger partial charge in [0.25, 0.3) is 0 Å². The van der Waals surface area contributed by atoms with Crippen molar-refractivity contribution in [3.05, 3.63) is 29.6 Å². The summed E-state index contributed by atoms with van der Waals surface area (Å²) < 4.78 is 7.96. The number of carbonyl (C=O) groups is 1. The van der Waals surface area contributed by atoms with Crippen molar-refractivity contribution in [2.75, 3.05) is 19.8 Å². The molecule has 0 spiro atoms. The van der Waals surface area contributed by atoms with Gasteiger partial charge in [0.1, 0.15) is 0 Å². The number of ether oxygens (including phenoxy) is 1. The van der Waals surface area contributed by atoms with Crippen LogP contribution in [0.5, 0.6) is 0 Å². The molecule has 2 aliphatic carbocycles. The van der Waals surface area contributed by atoms with E-state index in [4.69, 9.17) is 9.84 Å². The van der Waals surface area contributed by atoms with Gasteiger partial charge in [-0.1, -0.05) is 12.2 Å². The van der Waals surface area contributed by atoms with Crippen LogP contribution in [-0.4, -0.2) is 40.3 Å². The molecule has 0 radical (unpaired) electrons. The lowest BCUT2D eigenvalue weighted by molar-refractivity contribution is -0.133. The molecule has 2 atom stereocenters. The second-order valence-corrected chi connectivity index (χ2v) is 7.81. The molecule has 4 rings (SSSR count). The van der Waals surface area contributed by atoms with Crippen LogP contribution in [0.15, 0.2) is 18.3 Å². The highest BCUT2D eigenvalue weighted by Crippen LogP contribution is 2.32. The first-order valence-corrected chi connectivity index (χ1v) is 9.81. The molecule has 25 heavy (non-hydrogen) atoms. The fourth-order valence-electron chi connectivity index (χ4n) is 3.93. The van der Waals surface area contributed by atoms with Gasteiger partial charge in [0.05, 0.1) is 18.8 Å². The molecule has 5 nitrogen and oxygen atoms in total. The van der Waals surface area contributed by atoms with Crippen molar-refractivity contribution in [3.8, 4) is 0 Å². The summed E-state index contributed by atoms with van der Waals surface area (Å²) in [6.07, 6.45) is 12.0. The number of fused-ring (bicyclic) bond motifs is 1. The van der Waals surface area contributed by atoms with E-state index in [0.717, 1.165) is 44.1 Å². The summed E-state index contributed by atoms with van der Waals surface area (Å²) in [4.78, 5) is 14.8. The largest absolute Gasteiger partial charge is 0.380 e. The summed E-state index contributed by atoms with van der Waals surface area (Å²) in [5.41, 5.74) is 2.34. The standard InChI is InChI=1S/C20H29N3O2/c1-2-23-11-18-17(14-25-13-16-7-8-16)10-22(12-19(18)21-23)20(24)9-15-5-3-4-6-15/h3,5,11,15-17H,2,4,6-10,12-14H2,1H3/t15-,17-/m1/s1. The van der Waals surface area contributed by atoms with Crippen molar-refractivity contribution in [3.63, 3.8) is 0 Å². The smallest absolute Gasteiger partial charge is 0.223 e. The van der Waals surface area contributed by atoms with Crippen LogP contribution in [0.2, 0.25) is 0 Å². The maximum atomic E-state index is 12.8. The molecule has 136 valence electrons. The monoisotopic (exact) mass is 343 g/mol. The van der Waals surface area contributed by atoms with Gasteiger partial charge < -0.3 is 9.64 Å². The predicted molar refractivity (Wildman–Crippen MR) is 96.1 cm³/mol. The molecule has 3 aliphatic rings. The number of carbonyl (C=O) groups excluding carboxylic acids is 1. The fraction of sp³-hybridized carbons (Fsp3) is 0.700. The summed E-state index contributed by atoms with van der Waals surface area (Å²) in [6.45, 7) is 5.95. The lowest BCUT2D eigenvalue weighted by Gasteiger charge is -2.32. The van der Waals surface area contributed by atoms with Gasteiger partial charge in [0, 0.05) is 43.8 Å². The zero-order valence-electron chi connectivity index (χ0n) is 15.2. The predicted octanol–water partition coefficient (Wildman–Crippen LogP) is 3.11. The van der Waals surface area contributed by atoms with E-state index in [-0.39, 0.29) is 11.8 Å². The van der Waals surface area contributed by atoms with Crippen LogP contribution in [0.4, 0.5) is 0 Å². The number of hydrogen-bond acceptors (Lipinski definition) is 3. The minimum Gasteiger partial charge on any atom is -0.380 e. The van der Waals surface area contributed by atoms with E-state index in [0.29, 0.717) is 25.5 Å². The van der Waals surface area contributed by atoms with E-state index in [1.54, 1.807) is 0 Å². The Bertz CT molecular complexity index is 647. The van der Waals surface area contributed by atoms with Gasteiger partial charge in [0.15, 0.2) is 0 Å². The Morgan fingerprint density at radius 3 is 2.92 bits per heavy atom. The number of aromatic nitrogens is 2. The molecule has 0 N–H and O–H groups in total. The minimum atomic E-state index is 0.255. The van der Waals surface area contributed by atoms with Crippen LogP contribution in [0, 0.1) is 11.8 Å². The highest BCUT2D eigenvalue weighted by atomic mass is 16.5. The van der Waals surface area contributed by atoms with Crippen molar-refractivity contribution in [2.24, 2.45) is 11.8 Å².